The van der Waals surface area contributed by atoms with Gasteiger partial charge in [-0.2, -0.15) is 0 Å². The Balaban J connectivity index is 1.57. The van der Waals surface area contributed by atoms with E-state index in [1.807, 2.05) is 14.1 Å². The zero-order chi connectivity index (χ0) is 17.6. The SMILES string of the molecule is CN(C)c1ccc(-c2ccc(CNC(=O)C3CCCCC3)cc2)cc1. The minimum Gasteiger partial charge on any atom is -0.378 e. The van der Waals surface area contributed by atoms with Crippen LogP contribution < -0.4 is 10.2 Å². The highest BCUT2D eigenvalue weighted by Crippen LogP contribution is 2.24. The predicted molar refractivity (Wildman–Crippen MR) is 105 cm³/mol. The molecule has 132 valence electrons. The number of amides is 1. The number of hydrogen-bond donors (Lipinski definition) is 1. The summed E-state index contributed by atoms with van der Waals surface area (Å²) >= 11 is 0. The average molecular weight is 336 g/mol. The molecule has 3 heteroatoms. The number of benzene rings is 2. The molecule has 0 unspecified atom stereocenters. The highest BCUT2D eigenvalue weighted by Gasteiger charge is 2.20. The summed E-state index contributed by atoms with van der Waals surface area (Å²) in [4.78, 5) is 14.3. The maximum Gasteiger partial charge on any atom is 0.223 e. The Bertz CT molecular complexity index is 683. The fourth-order valence-electron chi connectivity index (χ4n) is 3.47. The van der Waals surface area contributed by atoms with Gasteiger partial charge in [-0.25, -0.2) is 0 Å². The Labute approximate surface area is 151 Å². The number of rotatable bonds is 5. The van der Waals surface area contributed by atoms with Crippen LogP contribution in [0.1, 0.15) is 37.7 Å². The molecule has 0 atom stereocenters. The molecule has 1 aliphatic rings. The van der Waals surface area contributed by atoms with Crippen molar-refractivity contribution in [3.63, 3.8) is 0 Å². The van der Waals surface area contributed by atoms with E-state index in [-0.39, 0.29) is 11.8 Å². The summed E-state index contributed by atoms with van der Waals surface area (Å²) in [7, 11) is 4.09. The second kappa shape index (κ2) is 8.19. The van der Waals surface area contributed by atoms with E-state index < -0.39 is 0 Å². The van der Waals surface area contributed by atoms with Crippen LogP contribution in [-0.2, 0) is 11.3 Å². The summed E-state index contributed by atoms with van der Waals surface area (Å²) in [6.07, 6.45) is 5.76. The second-order valence-electron chi connectivity index (χ2n) is 7.19. The normalized spacial score (nSPS) is 15.0. The standard InChI is InChI=1S/C22H28N2O/c1-24(2)21-14-12-19(13-15-21)18-10-8-17(9-11-18)16-23-22(25)20-6-4-3-5-7-20/h8-15,20H,3-7,16H2,1-2H3,(H,23,25). The zero-order valence-electron chi connectivity index (χ0n) is 15.3. The Kier molecular flexibility index (Phi) is 5.75. The van der Waals surface area contributed by atoms with Crippen molar-refractivity contribution >= 4 is 11.6 Å². The fraction of sp³-hybridized carbons (Fsp3) is 0.409. The molecule has 1 aliphatic carbocycles. The molecule has 1 fully saturated rings. The lowest BCUT2D eigenvalue weighted by Gasteiger charge is -2.20. The lowest BCUT2D eigenvalue weighted by atomic mass is 9.88. The molecule has 2 aromatic carbocycles. The molecule has 0 aliphatic heterocycles. The van der Waals surface area contributed by atoms with E-state index in [2.05, 4.69) is 58.7 Å². The molecule has 2 aromatic rings. The molecule has 3 nitrogen and oxygen atoms in total. The van der Waals surface area contributed by atoms with Crippen LogP contribution in [0.5, 0.6) is 0 Å². The largest absolute Gasteiger partial charge is 0.378 e. The van der Waals surface area contributed by atoms with Gasteiger partial charge in [-0.05, 0) is 41.7 Å². The monoisotopic (exact) mass is 336 g/mol. The number of carbonyl (C=O) groups excluding carboxylic acids is 1. The Morgan fingerprint density at radius 3 is 2.04 bits per heavy atom. The van der Waals surface area contributed by atoms with Gasteiger partial charge >= 0.3 is 0 Å². The zero-order valence-corrected chi connectivity index (χ0v) is 15.3. The molecule has 0 heterocycles. The van der Waals surface area contributed by atoms with Crippen LogP contribution in [0.4, 0.5) is 5.69 Å². The number of nitrogens with zero attached hydrogens (tertiary/aromatic N) is 1. The van der Waals surface area contributed by atoms with Gasteiger partial charge in [-0.3, -0.25) is 4.79 Å². The van der Waals surface area contributed by atoms with Gasteiger partial charge in [0.2, 0.25) is 5.91 Å². The van der Waals surface area contributed by atoms with Crippen molar-refractivity contribution in [3.8, 4) is 11.1 Å². The van der Waals surface area contributed by atoms with Crippen LogP contribution in [0.2, 0.25) is 0 Å². The quantitative estimate of drug-likeness (QED) is 0.864. The van der Waals surface area contributed by atoms with Gasteiger partial charge < -0.3 is 10.2 Å². The highest BCUT2D eigenvalue weighted by atomic mass is 16.1. The van der Waals surface area contributed by atoms with E-state index in [4.69, 9.17) is 0 Å². The van der Waals surface area contributed by atoms with Gasteiger partial charge in [0.25, 0.3) is 0 Å². The first-order valence-corrected chi connectivity index (χ1v) is 9.28. The first-order chi connectivity index (χ1) is 12.1. The van der Waals surface area contributed by atoms with Crippen molar-refractivity contribution in [1.29, 1.82) is 0 Å². The fourth-order valence-corrected chi connectivity index (χ4v) is 3.47. The molecule has 25 heavy (non-hydrogen) atoms. The lowest BCUT2D eigenvalue weighted by molar-refractivity contribution is -0.126. The van der Waals surface area contributed by atoms with E-state index in [9.17, 15) is 4.79 Å². The molecular weight excluding hydrogens is 308 g/mol. The number of anilines is 1. The van der Waals surface area contributed by atoms with Gasteiger partial charge in [-0.1, -0.05) is 55.7 Å². The summed E-state index contributed by atoms with van der Waals surface area (Å²) in [6.45, 7) is 0.620. The summed E-state index contributed by atoms with van der Waals surface area (Å²) in [5.74, 6) is 0.450. The van der Waals surface area contributed by atoms with Crippen molar-refractivity contribution < 1.29 is 4.79 Å². The molecule has 1 saturated carbocycles. The Morgan fingerprint density at radius 1 is 0.920 bits per heavy atom. The van der Waals surface area contributed by atoms with Gasteiger partial charge in [0, 0.05) is 32.2 Å². The van der Waals surface area contributed by atoms with Crippen LogP contribution in [-0.4, -0.2) is 20.0 Å². The van der Waals surface area contributed by atoms with Crippen LogP contribution in [0.25, 0.3) is 11.1 Å². The van der Waals surface area contributed by atoms with Crippen LogP contribution in [0, 0.1) is 5.92 Å². The van der Waals surface area contributed by atoms with Gasteiger partial charge in [-0.15, -0.1) is 0 Å². The molecule has 0 aromatic heterocycles. The summed E-state index contributed by atoms with van der Waals surface area (Å²) in [5.41, 5.74) is 4.76. The number of hydrogen-bond acceptors (Lipinski definition) is 2. The van der Waals surface area contributed by atoms with Crippen molar-refractivity contribution in [2.24, 2.45) is 5.92 Å². The van der Waals surface area contributed by atoms with Gasteiger partial charge in [0.05, 0.1) is 0 Å². The smallest absolute Gasteiger partial charge is 0.223 e. The maximum absolute atomic E-state index is 12.2. The maximum atomic E-state index is 12.2. The van der Waals surface area contributed by atoms with Crippen molar-refractivity contribution in [2.45, 2.75) is 38.6 Å². The minimum absolute atomic E-state index is 0.225. The third kappa shape index (κ3) is 4.62. The van der Waals surface area contributed by atoms with Gasteiger partial charge in [0.1, 0.15) is 0 Å². The molecule has 0 radical (unpaired) electrons. The van der Waals surface area contributed by atoms with Gasteiger partial charge in [0.15, 0.2) is 0 Å². The highest BCUT2D eigenvalue weighted by molar-refractivity contribution is 5.78. The molecule has 0 saturated heterocycles. The van der Waals surface area contributed by atoms with Crippen molar-refractivity contribution in [1.82, 2.24) is 5.32 Å². The van der Waals surface area contributed by atoms with Crippen LogP contribution in [0.3, 0.4) is 0 Å². The Hall–Kier alpha value is -2.29. The summed E-state index contributed by atoms with van der Waals surface area (Å²) in [5, 5.41) is 3.10. The van der Waals surface area contributed by atoms with Crippen LogP contribution >= 0.6 is 0 Å². The topological polar surface area (TPSA) is 32.3 Å². The Morgan fingerprint density at radius 2 is 1.48 bits per heavy atom. The third-order valence-electron chi connectivity index (χ3n) is 5.11. The predicted octanol–water partition coefficient (Wildman–Crippen LogP) is 4.62. The van der Waals surface area contributed by atoms with E-state index in [0.717, 1.165) is 18.4 Å². The molecule has 3 rings (SSSR count). The van der Waals surface area contributed by atoms with E-state index in [1.54, 1.807) is 0 Å². The molecule has 1 N–H and O–H groups in total. The second-order valence-corrected chi connectivity index (χ2v) is 7.19. The summed E-state index contributed by atoms with van der Waals surface area (Å²) < 4.78 is 0. The third-order valence-corrected chi connectivity index (χ3v) is 5.11. The average Bonchev–Trinajstić information content (AvgIpc) is 2.67. The van der Waals surface area contributed by atoms with E-state index in [1.165, 1.54) is 36.1 Å². The molecule has 0 bridgehead atoms. The molecule has 1 amide bonds. The minimum atomic E-state index is 0.225. The lowest BCUT2D eigenvalue weighted by Crippen LogP contribution is -2.31. The first kappa shape index (κ1) is 17.5. The molecular formula is C22H28N2O. The summed E-state index contributed by atoms with van der Waals surface area (Å²) in [6, 6.07) is 17.0. The first-order valence-electron chi connectivity index (χ1n) is 9.28. The molecule has 0 spiro atoms. The number of carbonyl (C=O) groups is 1. The van der Waals surface area contributed by atoms with Crippen LogP contribution in [0.15, 0.2) is 48.5 Å². The van der Waals surface area contributed by atoms with E-state index in [0.29, 0.717) is 6.54 Å². The van der Waals surface area contributed by atoms with Crippen molar-refractivity contribution in [3.05, 3.63) is 54.1 Å². The van der Waals surface area contributed by atoms with E-state index >= 15 is 0 Å². The number of nitrogens with one attached hydrogen (secondary N) is 1. The van der Waals surface area contributed by atoms with Crippen molar-refractivity contribution in [2.75, 3.05) is 19.0 Å².